The Labute approximate surface area is 252 Å². The molecule has 0 spiro atoms. The van der Waals surface area contributed by atoms with E-state index in [1.54, 1.807) is 0 Å². The Balaban J connectivity index is 0.000000296. The second-order valence-corrected chi connectivity index (χ2v) is 12.8. The molecule has 0 aliphatic heterocycles. The Hall–Kier alpha value is -2.61. The van der Waals surface area contributed by atoms with Crippen molar-refractivity contribution in [2.24, 2.45) is 5.92 Å². The van der Waals surface area contributed by atoms with E-state index in [1.807, 2.05) is 30.0 Å². The second-order valence-electron chi connectivity index (χ2n) is 9.36. The van der Waals surface area contributed by atoms with Crippen LogP contribution in [0.5, 0.6) is 0 Å². The van der Waals surface area contributed by atoms with Crippen molar-refractivity contribution in [1.82, 2.24) is 19.2 Å². The van der Waals surface area contributed by atoms with Gasteiger partial charge in [0.05, 0.1) is 27.7 Å². The van der Waals surface area contributed by atoms with Gasteiger partial charge in [-0.25, -0.2) is 17.8 Å². The lowest BCUT2D eigenvalue weighted by atomic mass is 10.1. The molecule has 3 aromatic rings. The van der Waals surface area contributed by atoms with Gasteiger partial charge in [-0.1, -0.05) is 79.1 Å². The van der Waals surface area contributed by atoms with E-state index in [1.165, 1.54) is 30.3 Å². The largest absolute Gasteiger partial charge is 0.355 e. The summed E-state index contributed by atoms with van der Waals surface area (Å²) in [5.74, 6) is 1.01. The van der Waals surface area contributed by atoms with Crippen molar-refractivity contribution < 1.29 is 22.0 Å². The number of rotatable bonds is 9. The number of amides is 1. The van der Waals surface area contributed by atoms with Gasteiger partial charge in [0.25, 0.3) is 5.24 Å². The van der Waals surface area contributed by atoms with E-state index in [-0.39, 0.29) is 37.1 Å². The SMILES string of the molecule is CCN(C(=O)SCc1ccccc1)C(C)C(C)C.Cc1nn(-c2cc(NS(C)(=O)=O)c(Cl)cc2Cl)c(=O)n1C(F)F. The molecule has 9 nitrogen and oxygen atoms in total. The number of benzene rings is 2. The molecule has 226 valence electrons. The smallest absolute Gasteiger partial charge is 0.331 e. The molecule has 15 heteroatoms. The number of aromatic nitrogens is 3. The van der Waals surface area contributed by atoms with Gasteiger partial charge in [0.1, 0.15) is 5.82 Å². The van der Waals surface area contributed by atoms with Crippen molar-refractivity contribution in [2.75, 3.05) is 17.5 Å². The van der Waals surface area contributed by atoms with Crippen LogP contribution in [-0.2, 0) is 15.8 Å². The number of carbonyl (C=O) groups is 1. The number of thioether (sulfide) groups is 1. The van der Waals surface area contributed by atoms with Crippen molar-refractivity contribution in [2.45, 2.75) is 53.0 Å². The quantitative estimate of drug-likeness (QED) is 0.272. The summed E-state index contributed by atoms with van der Waals surface area (Å²) in [5, 5.41) is 3.81. The molecular weight excluding hydrogens is 619 g/mol. The van der Waals surface area contributed by atoms with E-state index >= 15 is 0 Å². The number of halogens is 4. The van der Waals surface area contributed by atoms with Gasteiger partial charge in [-0.05, 0) is 44.4 Å². The van der Waals surface area contributed by atoms with E-state index in [2.05, 4.69) is 42.7 Å². The molecule has 0 radical (unpaired) electrons. The average Bonchev–Trinajstić information content (AvgIpc) is 3.18. The fourth-order valence-electron chi connectivity index (χ4n) is 3.58. The van der Waals surface area contributed by atoms with Gasteiger partial charge in [0.2, 0.25) is 10.0 Å². The number of alkyl halides is 2. The number of sulfonamides is 1. The lowest BCUT2D eigenvalue weighted by molar-refractivity contribution is 0.0640. The van der Waals surface area contributed by atoms with Gasteiger partial charge < -0.3 is 4.90 Å². The van der Waals surface area contributed by atoms with Crippen LogP contribution in [0.1, 0.15) is 45.6 Å². The minimum absolute atomic E-state index is 0.0257. The molecule has 0 aliphatic carbocycles. The summed E-state index contributed by atoms with van der Waals surface area (Å²) in [6.07, 6.45) is 0.902. The number of nitrogens with zero attached hydrogens (tertiary/aromatic N) is 4. The van der Waals surface area contributed by atoms with Crippen LogP contribution >= 0.6 is 35.0 Å². The van der Waals surface area contributed by atoms with Crippen LogP contribution in [-0.4, -0.2) is 51.7 Å². The molecule has 0 saturated carbocycles. The van der Waals surface area contributed by atoms with Crippen molar-refractivity contribution in [3.05, 3.63) is 74.4 Å². The molecule has 0 saturated heterocycles. The molecule has 2 aromatic carbocycles. The summed E-state index contributed by atoms with van der Waals surface area (Å²) < 4.78 is 51.3. The Morgan fingerprint density at radius 2 is 1.73 bits per heavy atom. The molecule has 0 aliphatic rings. The number of aryl methyl sites for hydroxylation is 1. The van der Waals surface area contributed by atoms with Gasteiger partial charge in [-0.3, -0.25) is 9.52 Å². The molecule has 1 atom stereocenters. The van der Waals surface area contributed by atoms with E-state index in [0.717, 1.165) is 24.6 Å². The molecule has 1 unspecified atom stereocenters. The maximum absolute atomic E-state index is 12.8. The molecule has 1 amide bonds. The first-order valence-electron chi connectivity index (χ1n) is 12.5. The van der Waals surface area contributed by atoms with Crippen LogP contribution in [0.4, 0.5) is 19.3 Å². The van der Waals surface area contributed by atoms with Crippen LogP contribution in [0.25, 0.3) is 5.69 Å². The highest BCUT2D eigenvalue weighted by Gasteiger charge is 2.22. The van der Waals surface area contributed by atoms with Gasteiger partial charge >= 0.3 is 12.2 Å². The number of anilines is 1. The number of nitrogens with one attached hydrogen (secondary N) is 1. The summed E-state index contributed by atoms with van der Waals surface area (Å²) in [4.78, 5) is 26.2. The summed E-state index contributed by atoms with van der Waals surface area (Å²) in [6, 6.07) is 12.7. The fraction of sp³-hybridized carbons (Fsp3) is 0.423. The van der Waals surface area contributed by atoms with E-state index in [9.17, 15) is 26.8 Å². The molecule has 1 heterocycles. The maximum atomic E-state index is 12.8. The predicted molar refractivity (Wildman–Crippen MR) is 162 cm³/mol. The van der Waals surface area contributed by atoms with Crippen molar-refractivity contribution >= 4 is 55.9 Å². The summed E-state index contributed by atoms with van der Waals surface area (Å²) in [6.45, 7) is 7.40. The minimum Gasteiger partial charge on any atom is -0.331 e. The third-order valence-electron chi connectivity index (χ3n) is 5.97. The van der Waals surface area contributed by atoms with E-state index in [0.29, 0.717) is 16.6 Å². The predicted octanol–water partition coefficient (Wildman–Crippen LogP) is 6.82. The zero-order chi connectivity index (χ0) is 31.1. The first-order valence-corrected chi connectivity index (χ1v) is 16.1. The molecule has 3 rings (SSSR count). The monoisotopic (exact) mass is 651 g/mol. The van der Waals surface area contributed by atoms with Gasteiger partial charge in [0.15, 0.2) is 0 Å². The van der Waals surface area contributed by atoms with E-state index < -0.39 is 22.3 Å². The zero-order valence-electron chi connectivity index (χ0n) is 23.4. The average molecular weight is 653 g/mol. The number of carbonyl (C=O) groups excluding carboxylic acids is 1. The Morgan fingerprint density at radius 1 is 1.12 bits per heavy atom. The minimum atomic E-state index is -3.65. The van der Waals surface area contributed by atoms with Crippen LogP contribution in [0, 0.1) is 12.8 Å². The van der Waals surface area contributed by atoms with Gasteiger partial charge in [0, 0.05) is 18.3 Å². The Kier molecular flexibility index (Phi) is 12.7. The Morgan fingerprint density at radius 3 is 2.22 bits per heavy atom. The third kappa shape index (κ3) is 9.73. The number of hydrogen-bond acceptors (Lipinski definition) is 6. The lowest BCUT2D eigenvalue weighted by Gasteiger charge is -2.30. The topological polar surface area (TPSA) is 106 Å². The maximum Gasteiger partial charge on any atom is 0.355 e. The van der Waals surface area contributed by atoms with Crippen molar-refractivity contribution in [1.29, 1.82) is 0 Å². The normalized spacial score (nSPS) is 12.2. The van der Waals surface area contributed by atoms with Crippen LogP contribution in [0.3, 0.4) is 0 Å². The highest BCUT2D eigenvalue weighted by Crippen LogP contribution is 2.31. The molecule has 0 bridgehead atoms. The molecule has 1 aromatic heterocycles. The van der Waals surface area contributed by atoms with Crippen LogP contribution in [0.15, 0.2) is 47.3 Å². The molecular formula is C26H33Cl2F2N5O4S2. The number of hydrogen-bond donors (Lipinski definition) is 1. The molecule has 1 N–H and O–H groups in total. The van der Waals surface area contributed by atoms with Crippen LogP contribution in [0.2, 0.25) is 10.0 Å². The molecule has 41 heavy (non-hydrogen) atoms. The van der Waals surface area contributed by atoms with Crippen molar-refractivity contribution in [3.8, 4) is 5.69 Å². The van der Waals surface area contributed by atoms with Gasteiger partial charge in [-0.2, -0.15) is 13.5 Å². The van der Waals surface area contributed by atoms with Gasteiger partial charge in [-0.15, -0.1) is 5.10 Å². The fourth-order valence-corrected chi connectivity index (χ4v) is 5.66. The second kappa shape index (κ2) is 15.0. The Bertz CT molecular complexity index is 1500. The zero-order valence-corrected chi connectivity index (χ0v) is 26.6. The summed E-state index contributed by atoms with van der Waals surface area (Å²) in [7, 11) is -3.65. The first-order chi connectivity index (χ1) is 19.1. The van der Waals surface area contributed by atoms with Crippen molar-refractivity contribution in [3.63, 3.8) is 0 Å². The summed E-state index contributed by atoms with van der Waals surface area (Å²) >= 11 is 13.2. The highest BCUT2D eigenvalue weighted by molar-refractivity contribution is 8.12. The third-order valence-corrected chi connectivity index (χ3v) is 8.14. The standard InChI is InChI=1S/C15H23NOS.C11H10Cl2F2N4O3S/c1-5-16(13(4)12(2)3)15(17)18-11-14-9-7-6-8-10-14;1-5-16-19(11(20)18(5)10(14)15)9-4-8(17-23(2,21)22)6(12)3-7(9)13/h6-10,12-13H,5,11H2,1-4H3;3-4,10,17H,1-2H3. The molecule has 0 fully saturated rings. The lowest BCUT2D eigenvalue weighted by Crippen LogP contribution is -2.39. The highest BCUT2D eigenvalue weighted by atomic mass is 35.5. The first kappa shape index (κ1) is 34.6. The van der Waals surface area contributed by atoms with Crippen LogP contribution < -0.4 is 10.4 Å². The van der Waals surface area contributed by atoms with E-state index in [4.69, 9.17) is 23.2 Å². The summed E-state index contributed by atoms with van der Waals surface area (Å²) in [5.41, 5.74) is -0.0736.